The van der Waals surface area contributed by atoms with Crippen molar-refractivity contribution in [3.63, 3.8) is 0 Å². The molecule has 84 valence electrons. The maximum Gasteiger partial charge on any atom is 0.256 e. The number of thiazole rings is 1. The van der Waals surface area contributed by atoms with Gasteiger partial charge in [-0.3, -0.25) is 4.79 Å². The topological polar surface area (TPSA) is 55.1 Å². The first-order valence-corrected chi connectivity index (χ1v) is 6.26. The first-order valence-electron chi connectivity index (χ1n) is 4.58. The van der Waals surface area contributed by atoms with Crippen molar-refractivity contribution in [2.75, 3.05) is 0 Å². The number of carbonyl (C=O) groups excluding carboxylic acids is 1. The van der Waals surface area contributed by atoms with Crippen LogP contribution in [0.1, 0.15) is 20.9 Å². The average molecular weight is 301 g/mol. The molecule has 4 nitrogen and oxygen atoms in total. The summed E-state index contributed by atoms with van der Waals surface area (Å²) >= 11 is 4.69. The Morgan fingerprint density at radius 2 is 2.50 bits per heavy atom. The lowest BCUT2D eigenvalue weighted by Crippen LogP contribution is -2.22. The fraction of sp³-hybridized carbons (Fsp3) is 0.200. The van der Waals surface area contributed by atoms with Gasteiger partial charge in [-0.15, -0.1) is 11.3 Å². The Hall–Kier alpha value is -1.14. The zero-order valence-electron chi connectivity index (χ0n) is 8.49. The Morgan fingerprint density at radius 1 is 1.69 bits per heavy atom. The van der Waals surface area contributed by atoms with Gasteiger partial charge in [-0.1, -0.05) is 0 Å². The normalized spacial score (nSPS) is 10.4. The van der Waals surface area contributed by atoms with Gasteiger partial charge in [-0.2, -0.15) is 0 Å². The predicted molar refractivity (Wildman–Crippen MR) is 64.4 cm³/mol. The number of nitrogens with one attached hydrogen (secondary N) is 1. The van der Waals surface area contributed by atoms with Crippen LogP contribution in [0, 0.1) is 6.92 Å². The zero-order chi connectivity index (χ0) is 11.5. The van der Waals surface area contributed by atoms with Gasteiger partial charge in [0.25, 0.3) is 5.91 Å². The third kappa shape index (κ3) is 2.33. The molecule has 2 heterocycles. The molecule has 0 atom stereocenters. The minimum absolute atomic E-state index is 0.159. The van der Waals surface area contributed by atoms with Gasteiger partial charge in [0, 0.05) is 4.88 Å². The summed E-state index contributed by atoms with van der Waals surface area (Å²) in [5, 5.41) is 2.81. The van der Waals surface area contributed by atoms with Gasteiger partial charge in [0.05, 0.1) is 29.6 Å². The largest absolute Gasteiger partial charge is 0.457 e. The van der Waals surface area contributed by atoms with Gasteiger partial charge in [0.15, 0.2) is 4.67 Å². The van der Waals surface area contributed by atoms with Crippen LogP contribution in [0.4, 0.5) is 0 Å². The first-order chi connectivity index (χ1) is 7.68. The molecule has 2 aromatic heterocycles. The Bertz CT molecular complexity index is 506. The highest BCUT2D eigenvalue weighted by Crippen LogP contribution is 2.18. The van der Waals surface area contributed by atoms with Gasteiger partial charge in [0.1, 0.15) is 0 Å². The molecule has 0 fully saturated rings. The monoisotopic (exact) mass is 300 g/mol. The minimum atomic E-state index is -0.159. The second-order valence-corrected chi connectivity index (χ2v) is 4.81. The molecule has 1 amide bonds. The number of aromatic nitrogens is 1. The molecule has 0 aliphatic heterocycles. The highest BCUT2D eigenvalue weighted by atomic mass is 79.9. The van der Waals surface area contributed by atoms with Crippen molar-refractivity contribution in [3.05, 3.63) is 38.6 Å². The van der Waals surface area contributed by atoms with Crippen molar-refractivity contribution in [3.8, 4) is 0 Å². The van der Waals surface area contributed by atoms with E-state index in [9.17, 15) is 4.79 Å². The first kappa shape index (κ1) is 11.3. The van der Waals surface area contributed by atoms with Crippen molar-refractivity contribution < 1.29 is 9.21 Å². The van der Waals surface area contributed by atoms with Crippen LogP contribution in [-0.4, -0.2) is 10.9 Å². The average Bonchev–Trinajstić information content (AvgIpc) is 2.84. The van der Waals surface area contributed by atoms with E-state index >= 15 is 0 Å². The number of aryl methyl sites for hydroxylation is 1. The van der Waals surface area contributed by atoms with E-state index in [4.69, 9.17) is 4.42 Å². The Kier molecular flexibility index (Phi) is 3.40. The van der Waals surface area contributed by atoms with Gasteiger partial charge in [-0.25, -0.2) is 4.98 Å². The summed E-state index contributed by atoms with van der Waals surface area (Å²) in [6.45, 7) is 2.42. The summed E-state index contributed by atoms with van der Waals surface area (Å²) in [5.74, 6) is -0.159. The highest BCUT2D eigenvalue weighted by Gasteiger charge is 2.12. The third-order valence-corrected chi connectivity index (χ3v) is 3.67. The van der Waals surface area contributed by atoms with Gasteiger partial charge < -0.3 is 9.73 Å². The number of rotatable bonds is 3. The Balaban J connectivity index is 1.99. The molecule has 0 bridgehead atoms. The second-order valence-electron chi connectivity index (χ2n) is 3.15. The number of halogens is 1. The number of furan rings is 1. The summed E-state index contributed by atoms with van der Waals surface area (Å²) in [7, 11) is 0. The summed E-state index contributed by atoms with van der Waals surface area (Å²) in [6, 6.07) is 1.62. The number of carbonyl (C=O) groups is 1. The van der Waals surface area contributed by atoms with Gasteiger partial charge >= 0.3 is 0 Å². The molecule has 0 saturated carbocycles. The molecule has 0 saturated heterocycles. The zero-order valence-corrected chi connectivity index (χ0v) is 10.9. The molecule has 0 aromatic carbocycles. The van der Waals surface area contributed by atoms with Crippen LogP contribution in [0.25, 0.3) is 0 Å². The molecule has 1 N–H and O–H groups in total. The van der Waals surface area contributed by atoms with E-state index in [1.807, 2.05) is 6.92 Å². The number of amides is 1. The number of hydrogen-bond donors (Lipinski definition) is 1. The van der Waals surface area contributed by atoms with E-state index in [0.29, 0.717) is 16.8 Å². The van der Waals surface area contributed by atoms with Gasteiger partial charge in [0.2, 0.25) is 0 Å². The van der Waals surface area contributed by atoms with Crippen molar-refractivity contribution in [1.29, 1.82) is 0 Å². The number of hydrogen-bond acceptors (Lipinski definition) is 4. The predicted octanol–water partition coefficient (Wildman–Crippen LogP) is 2.74. The maximum absolute atomic E-state index is 11.7. The van der Waals surface area contributed by atoms with Crippen molar-refractivity contribution in [1.82, 2.24) is 10.3 Å². The van der Waals surface area contributed by atoms with Crippen molar-refractivity contribution in [2.45, 2.75) is 13.5 Å². The molecular weight excluding hydrogens is 292 g/mol. The smallest absolute Gasteiger partial charge is 0.256 e. The molecule has 6 heteroatoms. The van der Waals surface area contributed by atoms with Crippen LogP contribution in [0.5, 0.6) is 0 Å². The van der Waals surface area contributed by atoms with Crippen LogP contribution >= 0.6 is 27.3 Å². The number of nitrogens with zero attached hydrogens (tertiary/aromatic N) is 1. The lowest BCUT2D eigenvalue weighted by atomic mass is 10.3. The van der Waals surface area contributed by atoms with Crippen molar-refractivity contribution >= 4 is 33.2 Å². The Labute approximate surface area is 105 Å². The van der Waals surface area contributed by atoms with E-state index in [0.717, 1.165) is 10.6 Å². The molecule has 16 heavy (non-hydrogen) atoms. The summed E-state index contributed by atoms with van der Waals surface area (Å²) in [4.78, 5) is 16.9. The van der Waals surface area contributed by atoms with E-state index < -0.39 is 0 Å². The van der Waals surface area contributed by atoms with Crippen molar-refractivity contribution in [2.24, 2.45) is 0 Å². The maximum atomic E-state index is 11.7. The molecule has 0 unspecified atom stereocenters. The summed E-state index contributed by atoms with van der Waals surface area (Å²) < 4.78 is 5.44. The van der Waals surface area contributed by atoms with Crippen LogP contribution in [0.3, 0.4) is 0 Å². The minimum Gasteiger partial charge on any atom is -0.457 e. The van der Waals surface area contributed by atoms with Crippen LogP contribution in [-0.2, 0) is 6.54 Å². The van der Waals surface area contributed by atoms with E-state index in [-0.39, 0.29) is 5.91 Å². The highest BCUT2D eigenvalue weighted by molar-refractivity contribution is 9.10. The molecule has 2 rings (SSSR count). The lowest BCUT2D eigenvalue weighted by Gasteiger charge is -2.02. The fourth-order valence-corrected chi connectivity index (χ4v) is 2.34. The summed E-state index contributed by atoms with van der Waals surface area (Å²) in [5.41, 5.74) is 3.23. The van der Waals surface area contributed by atoms with E-state index in [2.05, 4.69) is 26.2 Å². The van der Waals surface area contributed by atoms with Crippen LogP contribution in [0.15, 0.2) is 26.9 Å². The van der Waals surface area contributed by atoms with Crippen LogP contribution in [0.2, 0.25) is 0 Å². The summed E-state index contributed by atoms with van der Waals surface area (Å²) in [6.07, 6.45) is 1.47. The second kappa shape index (κ2) is 4.80. The molecule has 0 aliphatic carbocycles. The lowest BCUT2D eigenvalue weighted by molar-refractivity contribution is 0.0949. The molecular formula is C10H9BrN2O2S. The quantitative estimate of drug-likeness (QED) is 0.948. The van der Waals surface area contributed by atoms with E-state index in [1.54, 1.807) is 11.6 Å². The van der Waals surface area contributed by atoms with E-state index in [1.165, 1.54) is 17.6 Å². The van der Waals surface area contributed by atoms with Gasteiger partial charge in [-0.05, 0) is 28.9 Å². The van der Waals surface area contributed by atoms with Crippen LogP contribution < -0.4 is 5.32 Å². The fourth-order valence-electron chi connectivity index (χ4n) is 1.21. The standard InChI is InChI=1S/C10H9BrN2O2S/c1-6-8(16-5-13-6)4-12-10(14)7-2-3-15-9(7)11/h2-3,5H,4H2,1H3,(H,12,14). The Morgan fingerprint density at radius 3 is 3.06 bits per heavy atom. The molecule has 0 spiro atoms. The SMILES string of the molecule is Cc1ncsc1CNC(=O)c1ccoc1Br. The molecule has 0 aliphatic rings. The third-order valence-electron chi connectivity index (χ3n) is 2.12. The molecule has 2 aromatic rings. The molecule has 0 radical (unpaired) electrons.